The van der Waals surface area contributed by atoms with Gasteiger partial charge in [0.2, 0.25) is 0 Å². The molecule has 0 aliphatic heterocycles. The number of rotatable bonds is 8. The molecule has 0 radical (unpaired) electrons. The van der Waals surface area contributed by atoms with Gasteiger partial charge in [0.1, 0.15) is 5.82 Å². The van der Waals surface area contributed by atoms with Crippen LogP contribution in [0.25, 0.3) is 33.5 Å². The molecule has 2 aromatic heterocycles. The van der Waals surface area contributed by atoms with Crippen LogP contribution >= 0.6 is 0 Å². The molecule has 170 valence electrons. The first-order valence-electron chi connectivity index (χ1n) is 11.0. The predicted octanol–water partition coefficient (Wildman–Crippen LogP) is 5.06. The summed E-state index contributed by atoms with van der Waals surface area (Å²) in [6.07, 6.45) is 3.49. The van der Waals surface area contributed by atoms with E-state index in [1.165, 1.54) is 12.1 Å². The second-order valence-corrected chi connectivity index (χ2v) is 8.13. The Morgan fingerprint density at radius 1 is 1.09 bits per heavy atom. The van der Waals surface area contributed by atoms with Crippen LogP contribution in [-0.2, 0) is 11.2 Å². The quantitative estimate of drug-likeness (QED) is 0.353. The summed E-state index contributed by atoms with van der Waals surface area (Å²) < 4.78 is 15.8. The number of aliphatic carboxylic acids is 1. The normalized spacial score (nSPS) is 13.7. The van der Waals surface area contributed by atoms with Crippen LogP contribution in [0, 0.1) is 5.82 Å². The average Bonchev–Trinajstić information content (AvgIpc) is 3.11. The third-order valence-electron chi connectivity index (χ3n) is 5.84. The predicted molar refractivity (Wildman–Crippen MR) is 128 cm³/mol. The van der Waals surface area contributed by atoms with Gasteiger partial charge in [0.15, 0.2) is 0 Å². The lowest BCUT2D eigenvalue weighted by Gasteiger charge is -2.11. The second-order valence-electron chi connectivity index (χ2n) is 8.13. The molecule has 5 nitrogen and oxygen atoms in total. The zero-order chi connectivity index (χ0) is 23.5. The highest BCUT2D eigenvalue weighted by Gasteiger charge is 2.20. The number of aliphatic hydroxyl groups excluding tert-OH is 2. The number of aryl methyl sites for hydroxylation is 1. The molecular weight excluding hydrogens is 421 g/mol. The maximum Gasteiger partial charge on any atom is 0.305 e. The molecule has 33 heavy (non-hydrogen) atoms. The highest BCUT2D eigenvalue weighted by Crippen LogP contribution is 2.38. The van der Waals surface area contributed by atoms with Gasteiger partial charge in [0.25, 0.3) is 0 Å². The summed E-state index contributed by atoms with van der Waals surface area (Å²) in [5, 5.41) is 31.2. The van der Waals surface area contributed by atoms with Crippen molar-refractivity contribution < 1.29 is 24.5 Å². The number of carboxylic acid groups (broad SMARTS) is 1. The van der Waals surface area contributed by atoms with Gasteiger partial charge in [0.05, 0.1) is 24.1 Å². The first-order valence-corrected chi connectivity index (χ1v) is 11.0. The zero-order valence-electron chi connectivity index (χ0n) is 18.3. The standard InChI is InChI=1S/C27H26FNO4/c1-2-24-23(12-11-20(30)15-21(31)16-25(32)33)26(18-7-9-19(28)10-8-18)27-22-6-4-3-5-17(22)13-14-29(24)27/h3-14,20-21,30-31H,2,15-16H2,1H3,(H,32,33)/b12-11+. The summed E-state index contributed by atoms with van der Waals surface area (Å²) in [4.78, 5) is 10.8. The van der Waals surface area contributed by atoms with Gasteiger partial charge < -0.3 is 19.7 Å². The largest absolute Gasteiger partial charge is 0.481 e. The molecule has 0 saturated heterocycles. The van der Waals surface area contributed by atoms with E-state index in [4.69, 9.17) is 5.11 Å². The van der Waals surface area contributed by atoms with E-state index in [0.717, 1.165) is 45.1 Å². The van der Waals surface area contributed by atoms with Crippen LogP contribution in [-0.4, -0.2) is 37.9 Å². The van der Waals surface area contributed by atoms with Gasteiger partial charge in [-0.15, -0.1) is 0 Å². The fraction of sp³-hybridized carbons (Fsp3) is 0.222. The summed E-state index contributed by atoms with van der Waals surface area (Å²) in [5.74, 6) is -1.43. The maximum absolute atomic E-state index is 13.7. The number of halogens is 1. The van der Waals surface area contributed by atoms with Gasteiger partial charge in [-0.05, 0) is 35.6 Å². The van der Waals surface area contributed by atoms with E-state index in [-0.39, 0.29) is 12.2 Å². The molecule has 0 amide bonds. The first kappa shape index (κ1) is 22.7. The lowest BCUT2D eigenvalue weighted by Crippen LogP contribution is -2.19. The molecule has 2 atom stereocenters. The van der Waals surface area contributed by atoms with E-state index in [1.54, 1.807) is 18.2 Å². The Labute approximate surface area is 191 Å². The summed E-state index contributed by atoms with van der Waals surface area (Å²) in [6, 6.07) is 16.5. The van der Waals surface area contributed by atoms with E-state index < -0.39 is 24.6 Å². The lowest BCUT2D eigenvalue weighted by atomic mass is 9.97. The molecule has 0 saturated carbocycles. The van der Waals surface area contributed by atoms with Gasteiger partial charge in [-0.2, -0.15) is 0 Å². The molecule has 4 rings (SSSR count). The van der Waals surface area contributed by atoms with Crippen LogP contribution in [0.5, 0.6) is 0 Å². The van der Waals surface area contributed by atoms with Gasteiger partial charge in [-0.1, -0.05) is 55.5 Å². The molecule has 0 bridgehead atoms. The average molecular weight is 448 g/mol. The number of nitrogens with zero attached hydrogens (tertiary/aromatic N) is 1. The number of aliphatic hydroxyl groups is 2. The number of hydrogen-bond acceptors (Lipinski definition) is 3. The molecule has 3 N–H and O–H groups in total. The Morgan fingerprint density at radius 3 is 2.52 bits per heavy atom. The van der Waals surface area contributed by atoms with Gasteiger partial charge in [0, 0.05) is 34.8 Å². The van der Waals surface area contributed by atoms with E-state index >= 15 is 0 Å². The molecule has 2 heterocycles. The number of benzene rings is 2. The number of aromatic nitrogens is 1. The highest BCUT2D eigenvalue weighted by molar-refractivity contribution is 6.06. The Balaban J connectivity index is 1.89. The van der Waals surface area contributed by atoms with Crippen LogP contribution in [0.4, 0.5) is 4.39 Å². The topological polar surface area (TPSA) is 82.2 Å². The third-order valence-corrected chi connectivity index (χ3v) is 5.84. The van der Waals surface area contributed by atoms with Crippen molar-refractivity contribution in [3.63, 3.8) is 0 Å². The molecule has 0 spiro atoms. The van der Waals surface area contributed by atoms with Crippen molar-refractivity contribution in [3.8, 4) is 11.1 Å². The molecule has 0 aliphatic carbocycles. The number of pyridine rings is 1. The summed E-state index contributed by atoms with van der Waals surface area (Å²) in [6.45, 7) is 2.05. The van der Waals surface area contributed by atoms with Gasteiger partial charge in [-0.3, -0.25) is 4.79 Å². The highest BCUT2D eigenvalue weighted by atomic mass is 19.1. The number of hydrogen-bond donors (Lipinski definition) is 3. The van der Waals surface area contributed by atoms with Crippen molar-refractivity contribution in [1.29, 1.82) is 0 Å². The first-order chi connectivity index (χ1) is 15.9. The van der Waals surface area contributed by atoms with Gasteiger partial charge in [-0.25, -0.2) is 4.39 Å². The fourth-order valence-electron chi connectivity index (χ4n) is 4.40. The monoisotopic (exact) mass is 447 g/mol. The molecule has 6 heteroatoms. The maximum atomic E-state index is 13.7. The van der Waals surface area contributed by atoms with E-state index in [9.17, 15) is 19.4 Å². The van der Waals surface area contributed by atoms with Gasteiger partial charge >= 0.3 is 5.97 Å². The zero-order valence-corrected chi connectivity index (χ0v) is 18.3. The number of carbonyl (C=O) groups is 1. The minimum absolute atomic E-state index is 0.0769. The van der Waals surface area contributed by atoms with Crippen molar-refractivity contribution in [2.75, 3.05) is 0 Å². The van der Waals surface area contributed by atoms with Crippen molar-refractivity contribution in [3.05, 3.63) is 83.9 Å². The summed E-state index contributed by atoms with van der Waals surface area (Å²) >= 11 is 0. The van der Waals surface area contributed by atoms with Crippen LogP contribution in [0.2, 0.25) is 0 Å². The Bertz CT molecular complexity index is 1320. The Kier molecular flexibility index (Phi) is 6.58. The van der Waals surface area contributed by atoms with E-state index in [1.807, 2.05) is 30.5 Å². The van der Waals surface area contributed by atoms with Crippen LogP contribution in [0.15, 0.2) is 66.9 Å². The van der Waals surface area contributed by atoms with E-state index in [2.05, 4.69) is 23.5 Å². The molecular formula is C27H26FNO4. The third kappa shape index (κ3) is 4.67. The Hall–Kier alpha value is -3.48. The van der Waals surface area contributed by atoms with E-state index in [0.29, 0.717) is 0 Å². The molecule has 0 fully saturated rings. The van der Waals surface area contributed by atoms with Crippen molar-refractivity contribution in [2.45, 2.75) is 38.4 Å². The second kappa shape index (κ2) is 9.57. The SMILES string of the molecule is CCc1c(/C=C/C(O)CC(O)CC(=O)O)c(-c2ccc(F)cc2)c2c3ccccc3ccn12. The summed E-state index contributed by atoms with van der Waals surface area (Å²) in [7, 11) is 0. The molecule has 0 aliphatic rings. The molecule has 2 aromatic carbocycles. The molecule has 2 unspecified atom stereocenters. The van der Waals surface area contributed by atoms with Crippen molar-refractivity contribution >= 4 is 28.3 Å². The van der Waals surface area contributed by atoms with Crippen LogP contribution in [0.3, 0.4) is 0 Å². The smallest absolute Gasteiger partial charge is 0.305 e. The number of carboxylic acids is 1. The summed E-state index contributed by atoms with van der Waals surface area (Å²) in [5.41, 5.74) is 4.71. The fourth-order valence-corrected chi connectivity index (χ4v) is 4.40. The Morgan fingerprint density at radius 2 is 1.82 bits per heavy atom. The molecule has 4 aromatic rings. The minimum Gasteiger partial charge on any atom is -0.481 e. The lowest BCUT2D eigenvalue weighted by molar-refractivity contribution is -0.139. The van der Waals surface area contributed by atoms with Crippen LogP contribution < -0.4 is 0 Å². The van der Waals surface area contributed by atoms with Crippen molar-refractivity contribution in [1.82, 2.24) is 4.40 Å². The van der Waals surface area contributed by atoms with Crippen molar-refractivity contribution in [2.24, 2.45) is 0 Å². The number of fused-ring (bicyclic) bond motifs is 3. The minimum atomic E-state index is -1.14. The van der Waals surface area contributed by atoms with Crippen LogP contribution in [0.1, 0.15) is 31.0 Å².